The van der Waals surface area contributed by atoms with Crippen LogP contribution in [0.2, 0.25) is 0 Å². The van der Waals surface area contributed by atoms with Crippen LogP contribution >= 0.6 is 0 Å². The molecule has 2 N–H and O–H groups in total. The van der Waals surface area contributed by atoms with E-state index in [4.69, 9.17) is 5.73 Å². The van der Waals surface area contributed by atoms with Crippen LogP contribution in [0.15, 0.2) is 29.3 Å². The number of hydrogen-bond acceptors (Lipinski definition) is 4. The first-order valence-corrected chi connectivity index (χ1v) is 6.91. The Labute approximate surface area is 106 Å². The van der Waals surface area contributed by atoms with E-state index in [0.717, 1.165) is 9.65 Å². The Bertz CT molecular complexity index is 679. The smallest absolute Gasteiger partial charge is 0.283 e. The average Bonchev–Trinajstić information content (AvgIpc) is 2.63. The molecule has 0 unspecified atom stereocenters. The summed E-state index contributed by atoms with van der Waals surface area (Å²) in [6.07, 6.45) is 1.35. The molecule has 0 aliphatic rings. The zero-order chi connectivity index (χ0) is 13.5. The lowest BCUT2D eigenvalue weighted by atomic mass is 10.1. The lowest BCUT2D eigenvalue weighted by Gasteiger charge is -2.11. The van der Waals surface area contributed by atoms with Crippen LogP contribution in [0.5, 0.6) is 0 Å². The number of rotatable bonds is 2. The van der Waals surface area contributed by atoms with Crippen LogP contribution in [0.25, 0.3) is 0 Å². The minimum absolute atomic E-state index is 0.181. The van der Waals surface area contributed by atoms with Gasteiger partial charge in [0.05, 0.1) is 4.90 Å². The minimum Gasteiger partial charge on any atom is -0.382 e. The van der Waals surface area contributed by atoms with E-state index in [1.54, 1.807) is 13.8 Å². The SMILES string of the molecule is Cc1cc(C)c(S(=O)(=O)n2ccc(N)n2)c(C)c1. The third-order valence-electron chi connectivity index (χ3n) is 2.70. The lowest BCUT2D eigenvalue weighted by molar-refractivity contribution is 0.579. The molecular weight excluding hydrogens is 250 g/mol. The Kier molecular flexibility index (Phi) is 2.90. The topological polar surface area (TPSA) is 78.0 Å². The highest BCUT2D eigenvalue weighted by Gasteiger charge is 2.22. The Hall–Kier alpha value is -1.82. The van der Waals surface area contributed by atoms with Crippen molar-refractivity contribution in [3.63, 3.8) is 0 Å². The molecule has 1 aromatic heterocycles. The van der Waals surface area contributed by atoms with Gasteiger partial charge in [0.15, 0.2) is 0 Å². The highest BCUT2D eigenvalue weighted by Crippen LogP contribution is 2.23. The van der Waals surface area contributed by atoms with Crippen LogP contribution in [-0.4, -0.2) is 17.6 Å². The highest BCUT2D eigenvalue weighted by atomic mass is 32.2. The van der Waals surface area contributed by atoms with E-state index in [9.17, 15) is 8.42 Å². The first-order valence-electron chi connectivity index (χ1n) is 5.47. The van der Waals surface area contributed by atoms with Crippen molar-refractivity contribution in [3.05, 3.63) is 41.1 Å². The molecule has 0 amide bonds. The summed E-state index contributed by atoms with van der Waals surface area (Å²) in [6.45, 7) is 5.49. The summed E-state index contributed by atoms with van der Waals surface area (Å²) in [6, 6.07) is 5.13. The van der Waals surface area contributed by atoms with E-state index in [1.807, 2.05) is 19.1 Å². The molecule has 0 atom stereocenters. The molecule has 96 valence electrons. The van der Waals surface area contributed by atoms with Crippen LogP contribution < -0.4 is 5.73 Å². The van der Waals surface area contributed by atoms with Gasteiger partial charge in [-0.25, -0.2) is 0 Å². The van der Waals surface area contributed by atoms with Gasteiger partial charge in [0, 0.05) is 12.3 Å². The maximum absolute atomic E-state index is 12.4. The zero-order valence-corrected chi connectivity index (χ0v) is 11.3. The normalized spacial score (nSPS) is 11.7. The van der Waals surface area contributed by atoms with Crippen LogP contribution in [-0.2, 0) is 10.0 Å². The number of aryl methyl sites for hydroxylation is 3. The van der Waals surface area contributed by atoms with Gasteiger partial charge in [-0.2, -0.15) is 12.5 Å². The molecule has 6 heteroatoms. The predicted molar refractivity (Wildman–Crippen MR) is 69.9 cm³/mol. The highest BCUT2D eigenvalue weighted by molar-refractivity contribution is 7.90. The Morgan fingerprint density at radius 1 is 1.17 bits per heavy atom. The van der Waals surface area contributed by atoms with Gasteiger partial charge in [0.2, 0.25) is 0 Å². The molecule has 0 fully saturated rings. The molecule has 2 rings (SSSR count). The van der Waals surface area contributed by atoms with E-state index >= 15 is 0 Å². The molecule has 18 heavy (non-hydrogen) atoms. The van der Waals surface area contributed by atoms with Crippen molar-refractivity contribution < 1.29 is 8.42 Å². The molecule has 1 heterocycles. The van der Waals surface area contributed by atoms with E-state index in [1.165, 1.54) is 12.3 Å². The first kappa shape index (κ1) is 12.6. The molecule has 5 nitrogen and oxygen atoms in total. The fourth-order valence-corrected chi connectivity index (χ4v) is 3.66. The Balaban J connectivity index is 2.69. The summed E-state index contributed by atoms with van der Waals surface area (Å²) in [4.78, 5) is 0.288. The number of aromatic nitrogens is 2. The summed E-state index contributed by atoms with van der Waals surface area (Å²) >= 11 is 0. The molecule has 0 spiro atoms. The maximum atomic E-state index is 12.4. The molecule has 2 aromatic rings. The van der Waals surface area contributed by atoms with Crippen LogP contribution in [0, 0.1) is 20.8 Å². The second-order valence-corrected chi connectivity index (χ2v) is 6.08. The van der Waals surface area contributed by atoms with Gasteiger partial charge < -0.3 is 5.73 Å². The number of nitrogens with two attached hydrogens (primary N) is 1. The van der Waals surface area contributed by atoms with Gasteiger partial charge in [0.1, 0.15) is 5.82 Å². The van der Waals surface area contributed by atoms with Crippen molar-refractivity contribution in [2.75, 3.05) is 5.73 Å². The fraction of sp³-hybridized carbons (Fsp3) is 0.250. The molecule has 0 bridgehead atoms. The number of anilines is 1. The van der Waals surface area contributed by atoms with Crippen molar-refractivity contribution in [2.24, 2.45) is 0 Å². The van der Waals surface area contributed by atoms with Gasteiger partial charge in [-0.05, 0) is 31.9 Å². The van der Waals surface area contributed by atoms with Gasteiger partial charge in [0.25, 0.3) is 10.0 Å². The van der Waals surface area contributed by atoms with Crippen molar-refractivity contribution in [1.29, 1.82) is 0 Å². The van der Waals surface area contributed by atoms with E-state index in [2.05, 4.69) is 5.10 Å². The van der Waals surface area contributed by atoms with Gasteiger partial charge in [-0.3, -0.25) is 0 Å². The number of hydrogen-bond donors (Lipinski definition) is 1. The minimum atomic E-state index is -3.67. The summed E-state index contributed by atoms with van der Waals surface area (Å²) in [5.41, 5.74) is 7.91. The third-order valence-corrected chi connectivity index (χ3v) is 4.55. The first-order chi connectivity index (χ1) is 8.32. The molecule has 1 aromatic carbocycles. The number of nitrogens with zero attached hydrogens (tertiary/aromatic N) is 2. The predicted octanol–water partition coefficient (Wildman–Crippen LogP) is 1.63. The second-order valence-electron chi connectivity index (χ2n) is 4.35. The van der Waals surface area contributed by atoms with E-state index < -0.39 is 10.0 Å². The van der Waals surface area contributed by atoms with Crippen molar-refractivity contribution >= 4 is 15.8 Å². The number of nitrogen functional groups attached to an aromatic ring is 1. The average molecular weight is 265 g/mol. The Morgan fingerprint density at radius 2 is 1.72 bits per heavy atom. The molecule has 0 radical (unpaired) electrons. The van der Waals surface area contributed by atoms with Crippen LogP contribution in [0.3, 0.4) is 0 Å². The lowest BCUT2D eigenvalue weighted by Crippen LogP contribution is -2.16. The van der Waals surface area contributed by atoms with Crippen molar-refractivity contribution in [2.45, 2.75) is 25.7 Å². The van der Waals surface area contributed by atoms with Gasteiger partial charge in [-0.15, -0.1) is 5.10 Å². The largest absolute Gasteiger partial charge is 0.382 e. The third kappa shape index (κ3) is 1.99. The summed E-state index contributed by atoms with van der Waals surface area (Å²) in [5.74, 6) is 0.181. The molecule has 0 saturated carbocycles. The standard InChI is InChI=1S/C12H15N3O2S/c1-8-6-9(2)12(10(3)7-8)18(16,17)15-5-4-11(13)14-15/h4-7H,1-3H3,(H2,13,14). The van der Waals surface area contributed by atoms with Crippen LogP contribution in [0.4, 0.5) is 5.82 Å². The summed E-state index contributed by atoms with van der Waals surface area (Å²) in [5, 5.41) is 3.77. The quantitative estimate of drug-likeness (QED) is 0.895. The maximum Gasteiger partial charge on any atom is 0.283 e. The number of benzene rings is 1. The Morgan fingerprint density at radius 3 is 2.17 bits per heavy atom. The van der Waals surface area contributed by atoms with Crippen LogP contribution in [0.1, 0.15) is 16.7 Å². The summed E-state index contributed by atoms with van der Waals surface area (Å²) in [7, 11) is -3.67. The molecule has 0 aliphatic heterocycles. The fourth-order valence-electron chi connectivity index (χ4n) is 2.12. The summed E-state index contributed by atoms with van der Waals surface area (Å²) < 4.78 is 25.8. The van der Waals surface area contributed by atoms with E-state index in [-0.39, 0.29) is 10.7 Å². The van der Waals surface area contributed by atoms with Gasteiger partial charge >= 0.3 is 0 Å². The van der Waals surface area contributed by atoms with E-state index in [0.29, 0.717) is 11.1 Å². The molecule has 0 saturated heterocycles. The van der Waals surface area contributed by atoms with Gasteiger partial charge in [-0.1, -0.05) is 17.7 Å². The molecular formula is C12H15N3O2S. The monoisotopic (exact) mass is 265 g/mol. The van der Waals surface area contributed by atoms with Crippen molar-refractivity contribution in [1.82, 2.24) is 9.19 Å². The molecule has 0 aliphatic carbocycles. The van der Waals surface area contributed by atoms with Crippen molar-refractivity contribution in [3.8, 4) is 0 Å². The second kappa shape index (κ2) is 4.13. The zero-order valence-electron chi connectivity index (χ0n) is 10.5.